The van der Waals surface area contributed by atoms with E-state index in [0.717, 1.165) is 23.3 Å². The smallest absolute Gasteiger partial charge is 0.324 e. The molecule has 0 spiro atoms. The second-order valence-corrected chi connectivity index (χ2v) is 9.11. The molecule has 4 heterocycles. The van der Waals surface area contributed by atoms with E-state index in [-0.39, 0.29) is 11.8 Å². The number of anilines is 1. The van der Waals surface area contributed by atoms with Gasteiger partial charge in [-0.2, -0.15) is 0 Å². The highest BCUT2D eigenvalue weighted by molar-refractivity contribution is 6.35. The molecule has 1 aromatic carbocycles. The molecule has 2 N–H and O–H groups in total. The highest BCUT2D eigenvalue weighted by atomic mass is 35.5. The Morgan fingerprint density at radius 3 is 2.89 bits per heavy atom. The van der Waals surface area contributed by atoms with Crippen molar-refractivity contribution < 1.29 is 13.9 Å². The summed E-state index contributed by atoms with van der Waals surface area (Å²) in [5.41, 5.74) is 10.3. The normalized spacial score (nSPS) is 18.3. The second-order valence-electron chi connectivity index (χ2n) is 8.67. The van der Waals surface area contributed by atoms with Crippen LogP contribution in [0.2, 0.25) is 5.02 Å². The van der Waals surface area contributed by atoms with Gasteiger partial charge < -0.3 is 15.4 Å². The molecule has 2 aromatic heterocycles. The van der Waals surface area contributed by atoms with Crippen molar-refractivity contribution in [3.63, 3.8) is 0 Å². The standard InChI is InChI=1S/C26H26ClFN6O2/c1-36-26(35)24-15-34(11-10-33(24)9-7-29)17-13-23-22(31-14-17)5-4-21(32-23)18-6-8-30-25(18)19-12-16(27)2-3-20(19)28/h2-6,12-14,24H,7-11,15,29H2,1H3/t24-/m1/s1. The predicted octanol–water partition coefficient (Wildman–Crippen LogP) is 2.93. The highest BCUT2D eigenvalue weighted by Crippen LogP contribution is 2.29. The van der Waals surface area contributed by atoms with Crippen molar-refractivity contribution in [2.45, 2.75) is 6.04 Å². The maximum atomic E-state index is 14.6. The van der Waals surface area contributed by atoms with Gasteiger partial charge in [0, 0.05) is 48.9 Å². The van der Waals surface area contributed by atoms with Crippen molar-refractivity contribution in [3.8, 4) is 0 Å². The first-order chi connectivity index (χ1) is 17.5. The van der Waals surface area contributed by atoms with Crippen LogP contribution in [0.4, 0.5) is 10.1 Å². The quantitative estimate of drug-likeness (QED) is 0.511. The number of allylic oxidation sites excluding steroid dienone is 1. The summed E-state index contributed by atoms with van der Waals surface area (Å²) in [5, 5.41) is 0.442. The minimum atomic E-state index is -0.405. The summed E-state index contributed by atoms with van der Waals surface area (Å²) in [6.07, 6.45) is 3.72. The van der Waals surface area contributed by atoms with Gasteiger partial charge in [-0.25, -0.2) is 9.37 Å². The van der Waals surface area contributed by atoms with E-state index in [4.69, 9.17) is 27.1 Å². The monoisotopic (exact) mass is 508 g/mol. The molecule has 0 aliphatic carbocycles. The number of carbonyl (C=O) groups excluding carboxylic acids is 1. The number of ether oxygens (including phenoxy) is 1. The Labute approximate surface area is 213 Å². The number of nitrogens with two attached hydrogens (primary N) is 1. The lowest BCUT2D eigenvalue weighted by Crippen LogP contribution is -2.57. The molecule has 3 aromatic rings. The van der Waals surface area contributed by atoms with Crippen molar-refractivity contribution in [2.24, 2.45) is 10.7 Å². The van der Waals surface area contributed by atoms with Crippen LogP contribution in [0, 0.1) is 5.82 Å². The van der Waals surface area contributed by atoms with Crippen LogP contribution in [-0.4, -0.2) is 79.0 Å². The lowest BCUT2D eigenvalue weighted by atomic mass is 9.99. The van der Waals surface area contributed by atoms with Crippen LogP contribution in [0.1, 0.15) is 11.3 Å². The number of carbonyl (C=O) groups is 1. The third-order valence-corrected chi connectivity index (χ3v) is 6.76. The Kier molecular flexibility index (Phi) is 6.95. The molecule has 0 unspecified atom stereocenters. The average molecular weight is 509 g/mol. The molecule has 0 amide bonds. The fraction of sp³-hybridized carbons (Fsp3) is 0.308. The Morgan fingerprint density at radius 2 is 2.08 bits per heavy atom. The van der Waals surface area contributed by atoms with Gasteiger partial charge >= 0.3 is 5.97 Å². The first-order valence-corrected chi connectivity index (χ1v) is 12.1. The zero-order valence-electron chi connectivity index (χ0n) is 19.8. The molecule has 36 heavy (non-hydrogen) atoms. The molecule has 1 fully saturated rings. The predicted molar refractivity (Wildman–Crippen MR) is 139 cm³/mol. The second kappa shape index (κ2) is 10.3. The number of nitrogens with zero attached hydrogens (tertiary/aromatic N) is 5. The van der Waals surface area contributed by atoms with E-state index in [1.165, 1.54) is 19.2 Å². The van der Waals surface area contributed by atoms with E-state index in [0.29, 0.717) is 60.2 Å². The number of pyridine rings is 2. The highest BCUT2D eigenvalue weighted by Gasteiger charge is 2.33. The van der Waals surface area contributed by atoms with Gasteiger partial charge in [0.2, 0.25) is 0 Å². The van der Waals surface area contributed by atoms with Gasteiger partial charge in [0.25, 0.3) is 0 Å². The van der Waals surface area contributed by atoms with Gasteiger partial charge in [-0.3, -0.25) is 19.7 Å². The van der Waals surface area contributed by atoms with Crippen molar-refractivity contribution in [1.82, 2.24) is 14.9 Å². The van der Waals surface area contributed by atoms with Crippen LogP contribution < -0.4 is 10.6 Å². The number of methoxy groups -OCH3 is 1. The molecule has 186 valence electrons. The maximum absolute atomic E-state index is 14.6. The van der Waals surface area contributed by atoms with Gasteiger partial charge in [-0.1, -0.05) is 17.7 Å². The molecule has 2 aliphatic rings. The number of hydrogen-bond acceptors (Lipinski definition) is 8. The van der Waals surface area contributed by atoms with Gasteiger partial charge in [0.15, 0.2) is 0 Å². The third-order valence-electron chi connectivity index (χ3n) is 6.53. The first kappa shape index (κ1) is 24.3. The van der Waals surface area contributed by atoms with Crippen molar-refractivity contribution in [3.05, 3.63) is 70.8 Å². The Hall–Kier alpha value is -3.40. The summed E-state index contributed by atoms with van der Waals surface area (Å²) in [7, 11) is 1.40. The number of piperazine rings is 1. The van der Waals surface area contributed by atoms with Gasteiger partial charge in [0.1, 0.15) is 11.9 Å². The van der Waals surface area contributed by atoms with Crippen molar-refractivity contribution >= 4 is 45.6 Å². The number of halogens is 2. The molecule has 0 radical (unpaired) electrons. The van der Waals surface area contributed by atoms with Crippen LogP contribution in [0.15, 0.2) is 53.7 Å². The SMILES string of the molecule is COC(=O)[C@H]1CN(c2cnc3ccc(C4=CCN=C4c4cc(Cl)ccc4F)nc3c2)CCN1CCN. The van der Waals surface area contributed by atoms with Crippen LogP contribution in [0.5, 0.6) is 0 Å². The molecule has 10 heteroatoms. The summed E-state index contributed by atoms with van der Waals surface area (Å²) in [6.45, 7) is 3.40. The lowest BCUT2D eigenvalue weighted by Gasteiger charge is -2.40. The largest absolute Gasteiger partial charge is 0.468 e. The van der Waals surface area contributed by atoms with Crippen LogP contribution >= 0.6 is 11.6 Å². The number of rotatable bonds is 6. The van der Waals surface area contributed by atoms with Crippen molar-refractivity contribution in [1.29, 1.82) is 0 Å². The number of aliphatic imine (C=N–C) groups is 1. The molecule has 2 aliphatic heterocycles. The third kappa shape index (κ3) is 4.69. The summed E-state index contributed by atoms with van der Waals surface area (Å²) in [6, 6.07) is 9.75. The number of esters is 1. The Balaban J connectivity index is 1.44. The molecule has 0 bridgehead atoms. The number of aromatic nitrogens is 2. The van der Waals surface area contributed by atoms with Crippen LogP contribution in [0.25, 0.3) is 16.6 Å². The van der Waals surface area contributed by atoms with Gasteiger partial charge in [0.05, 0.1) is 48.0 Å². The lowest BCUT2D eigenvalue weighted by molar-refractivity contribution is -0.147. The molecular weight excluding hydrogens is 483 g/mol. The van der Waals surface area contributed by atoms with Crippen molar-refractivity contribution in [2.75, 3.05) is 51.3 Å². The van der Waals surface area contributed by atoms with E-state index < -0.39 is 6.04 Å². The van der Waals surface area contributed by atoms with Crippen LogP contribution in [0.3, 0.4) is 0 Å². The molecule has 1 atom stereocenters. The van der Waals surface area contributed by atoms with E-state index >= 15 is 0 Å². The average Bonchev–Trinajstić information content (AvgIpc) is 3.39. The van der Waals surface area contributed by atoms with Gasteiger partial charge in [-0.15, -0.1) is 0 Å². The number of hydrogen-bond donors (Lipinski definition) is 1. The molecule has 8 nitrogen and oxygen atoms in total. The summed E-state index contributed by atoms with van der Waals surface area (Å²) >= 11 is 6.12. The topological polar surface area (TPSA) is 96.9 Å². The summed E-state index contributed by atoms with van der Waals surface area (Å²) in [4.78, 5) is 30.5. The fourth-order valence-electron chi connectivity index (χ4n) is 4.71. The minimum Gasteiger partial charge on any atom is -0.468 e. The van der Waals surface area contributed by atoms with E-state index in [1.54, 1.807) is 12.3 Å². The van der Waals surface area contributed by atoms with E-state index in [2.05, 4.69) is 19.8 Å². The van der Waals surface area contributed by atoms with Gasteiger partial charge in [-0.05, 0) is 36.4 Å². The number of benzene rings is 1. The zero-order valence-corrected chi connectivity index (χ0v) is 20.6. The number of fused-ring (bicyclic) bond motifs is 1. The maximum Gasteiger partial charge on any atom is 0.324 e. The molecule has 5 rings (SSSR count). The Morgan fingerprint density at radius 1 is 1.22 bits per heavy atom. The molecule has 1 saturated heterocycles. The Bertz CT molecular complexity index is 1380. The van der Waals surface area contributed by atoms with Crippen LogP contribution in [-0.2, 0) is 9.53 Å². The van der Waals surface area contributed by atoms with E-state index in [9.17, 15) is 9.18 Å². The summed E-state index contributed by atoms with van der Waals surface area (Å²) in [5.74, 6) is -0.667. The van der Waals surface area contributed by atoms with E-state index in [1.807, 2.05) is 24.3 Å². The molecular formula is C26H26ClFN6O2. The molecule has 0 saturated carbocycles. The zero-order chi connectivity index (χ0) is 25.2. The first-order valence-electron chi connectivity index (χ1n) is 11.7. The summed E-state index contributed by atoms with van der Waals surface area (Å²) < 4.78 is 19.6. The fourth-order valence-corrected chi connectivity index (χ4v) is 4.88. The minimum absolute atomic E-state index is 0.282.